The van der Waals surface area contributed by atoms with Crippen LogP contribution in [0.25, 0.3) is 0 Å². The van der Waals surface area contributed by atoms with Crippen molar-refractivity contribution in [1.82, 2.24) is 5.32 Å². The summed E-state index contributed by atoms with van der Waals surface area (Å²) in [4.78, 5) is 12.5. The lowest BCUT2D eigenvalue weighted by atomic mass is 9.99. The molecule has 1 amide bonds. The molecular weight excluding hydrogens is 414 g/mol. The quantitative estimate of drug-likeness (QED) is 0.498. The predicted octanol–water partition coefficient (Wildman–Crippen LogP) is 6.22. The highest BCUT2D eigenvalue weighted by molar-refractivity contribution is 9.10. The number of amides is 1. The third-order valence-electron chi connectivity index (χ3n) is 5.22. The van der Waals surface area contributed by atoms with E-state index < -0.39 is 0 Å². The molecule has 1 N–H and O–H groups in total. The number of alkyl carbamates (subject to hydrolysis) is 1. The normalized spacial score (nSPS) is 18.9. The average Bonchev–Trinajstić information content (AvgIpc) is 3.53. The van der Waals surface area contributed by atoms with E-state index in [0.717, 1.165) is 22.0 Å². The molecule has 4 heteroatoms. The Bertz CT molecular complexity index is 930. The number of hydrogen-bond donors (Lipinski definition) is 1. The Labute approximate surface area is 173 Å². The molecule has 3 aromatic carbocycles. The highest BCUT2D eigenvalue weighted by atomic mass is 79.9. The maximum atomic E-state index is 12.5. The topological polar surface area (TPSA) is 38.3 Å². The van der Waals surface area contributed by atoms with Gasteiger partial charge < -0.3 is 10.1 Å². The van der Waals surface area contributed by atoms with Crippen molar-refractivity contribution in [3.8, 4) is 0 Å². The van der Waals surface area contributed by atoms with E-state index in [0.29, 0.717) is 11.8 Å². The van der Waals surface area contributed by atoms with Crippen LogP contribution in [0.1, 0.15) is 35.1 Å². The summed E-state index contributed by atoms with van der Waals surface area (Å²) < 4.78 is 6.48. The van der Waals surface area contributed by atoms with E-state index in [1.165, 1.54) is 5.56 Å². The van der Waals surface area contributed by atoms with Crippen molar-refractivity contribution in [3.63, 3.8) is 0 Å². The molecule has 1 aliphatic rings. The van der Waals surface area contributed by atoms with Crippen LogP contribution in [-0.4, -0.2) is 6.09 Å². The molecular formula is C24H22BrNO2. The lowest BCUT2D eigenvalue weighted by Crippen LogP contribution is -2.31. The van der Waals surface area contributed by atoms with Gasteiger partial charge in [-0.05, 0) is 41.0 Å². The van der Waals surface area contributed by atoms with E-state index in [-0.39, 0.29) is 18.7 Å². The van der Waals surface area contributed by atoms with Gasteiger partial charge in [-0.25, -0.2) is 4.79 Å². The number of carbonyl (C=O) groups is 1. The maximum absolute atomic E-state index is 12.5. The van der Waals surface area contributed by atoms with E-state index in [1.54, 1.807) is 0 Å². The van der Waals surface area contributed by atoms with Crippen LogP contribution in [0.3, 0.4) is 0 Å². The number of nitrogens with one attached hydrogen (secondary N) is 1. The number of carbonyl (C=O) groups excluding carboxylic acids is 1. The molecule has 1 unspecified atom stereocenters. The van der Waals surface area contributed by atoms with Gasteiger partial charge in [-0.15, -0.1) is 0 Å². The van der Waals surface area contributed by atoms with Crippen molar-refractivity contribution in [3.05, 3.63) is 106 Å². The summed E-state index contributed by atoms with van der Waals surface area (Å²) in [6, 6.07) is 28.2. The van der Waals surface area contributed by atoms with Gasteiger partial charge in [-0.3, -0.25) is 0 Å². The fourth-order valence-electron chi connectivity index (χ4n) is 3.70. The molecule has 1 fully saturated rings. The van der Waals surface area contributed by atoms with Gasteiger partial charge >= 0.3 is 6.09 Å². The molecule has 0 bridgehead atoms. The first-order valence-corrected chi connectivity index (χ1v) is 10.3. The van der Waals surface area contributed by atoms with E-state index >= 15 is 0 Å². The first-order valence-electron chi connectivity index (χ1n) is 9.49. The van der Waals surface area contributed by atoms with Gasteiger partial charge in [0.1, 0.15) is 6.61 Å². The standard InChI is InChI=1S/C24H22BrNO2/c25-22-14-8-7-13-19(22)23(21-15-20(21)18-11-5-2-6-12-18)26-24(27)28-16-17-9-3-1-4-10-17/h1-14,20-21,23H,15-16H2,(H,26,27)/t20-,21-,23?/m0/s1. The van der Waals surface area contributed by atoms with Crippen LogP contribution in [0.5, 0.6) is 0 Å². The van der Waals surface area contributed by atoms with Crippen LogP contribution in [-0.2, 0) is 11.3 Å². The molecule has 0 saturated heterocycles. The van der Waals surface area contributed by atoms with Crippen molar-refractivity contribution in [2.24, 2.45) is 5.92 Å². The molecule has 0 aliphatic heterocycles. The molecule has 0 radical (unpaired) electrons. The van der Waals surface area contributed by atoms with Crippen LogP contribution in [0.4, 0.5) is 4.79 Å². The summed E-state index contributed by atoms with van der Waals surface area (Å²) >= 11 is 3.64. The Kier molecular flexibility index (Phi) is 5.77. The molecule has 0 spiro atoms. The summed E-state index contributed by atoms with van der Waals surface area (Å²) in [7, 11) is 0. The summed E-state index contributed by atoms with van der Waals surface area (Å²) in [5.74, 6) is 0.804. The molecule has 28 heavy (non-hydrogen) atoms. The van der Waals surface area contributed by atoms with Gasteiger partial charge in [0.25, 0.3) is 0 Å². The molecule has 3 atom stereocenters. The Morgan fingerprint density at radius 3 is 2.32 bits per heavy atom. The second-order valence-corrected chi connectivity index (χ2v) is 7.98. The highest BCUT2D eigenvalue weighted by Crippen LogP contribution is 2.54. The SMILES string of the molecule is O=C(NC(c1ccccc1Br)[C@H]1C[C@H]1c1ccccc1)OCc1ccccc1. The minimum absolute atomic E-state index is 0.0935. The molecule has 3 nitrogen and oxygen atoms in total. The van der Waals surface area contributed by atoms with E-state index in [9.17, 15) is 4.79 Å². The minimum atomic E-state index is -0.386. The van der Waals surface area contributed by atoms with Crippen LogP contribution >= 0.6 is 15.9 Å². The second kappa shape index (κ2) is 8.61. The van der Waals surface area contributed by atoms with Crippen LogP contribution in [0, 0.1) is 5.92 Å². The van der Waals surface area contributed by atoms with Crippen molar-refractivity contribution < 1.29 is 9.53 Å². The van der Waals surface area contributed by atoms with Crippen molar-refractivity contribution in [1.29, 1.82) is 0 Å². The van der Waals surface area contributed by atoms with E-state index in [4.69, 9.17) is 4.74 Å². The summed E-state index contributed by atoms with van der Waals surface area (Å²) in [5.41, 5.74) is 3.38. The Morgan fingerprint density at radius 1 is 0.964 bits per heavy atom. The van der Waals surface area contributed by atoms with Gasteiger partial charge in [0.15, 0.2) is 0 Å². The fourth-order valence-corrected chi connectivity index (χ4v) is 4.23. The zero-order valence-electron chi connectivity index (χ0n) is 15.4. The third kappa shape index (κ3) is 4.45. The Hall–Kier alpha value is -2.59. The van der Waals surface area contributed by atoms with E-state index in [2.05, 4.69) is 51.6 Å². The van der Waals surface area contributed by atoms with Gasteiger partial charge in [-0.1, -0.05) is 94.8 Å². The molecule has 1 aliphatic carbocycles. The molecule has 0 aromatic heterocycles. The molecule has 0 heterocycles. The smallest absolute Gasteiger partial charge is 0.407 e. The van der Waals surface area contributed by atoms with Gasteiger partial charge in [0.2, 0.25) is 0 Å². The summed E-state index contributed by atoms with van der Waals surface area (Å²) in [6.07, 6.45) is 0.665. The zero-order chi connectivity index (χ0) is 19.3. The van der Waals surface area contributed by atoms with E-state index in [1.807, 2.05) is 54.6 Å². The number of hydrogen-bond acceptors (Lipinski definition) is 2. The summed E-state index contributed by atoms with van der Waals surface area (Å²) in [5, 5.41) is 3.11. The largest absolute Gasteiger partial charge is 0.445 e. The average molecular weight is 436 g/mol. The number of halogens is 1. The number of ether oxygens (including phenoxy) is 1. The minimum Gasteiger partial charge on any atom is -0.445 e. The van der Waals surface area contributed by atoms with Crippen LogP contribution < -0.4 is 5.32 Å². The molecule has 4 rings (SSSR count). The first-order chi connectivity index (χ1) is 13.7. The third-order valence-corrected chi connectivity index (χ3v) is 5.94. The van der Waals surface area contributed by atoms with Gasteiger partial charge in [-0.2, -0.15) is 0 Å². The predicted molar refractivity (Wildman–Crippen MR) is 114 cm³/mol. The van der Waals surface area contributed by atoms with Gasteiger partial charge in [0.05, 0.1) is 6.04 Å². The maximum Gasteiger partial charge on any atom is 0.407 e. The van der Waals surface area contributed by atoms with Crippen molar-refractivity contribution >= 4 is 22.0 Å². The van der Waals surface area contributed by atoms with Crippen LogP contribution in [0.15, 0.2) is 89.4 Å². The molecule has 1 saturated carbocycles. The Morgan fingerprint density at radius 2 is 1.61 bits per heavy atom. The van der Waals surface area contributed by atoms with Crippen molar-refractivity contribution in [2.75, 3.05) is 0 Å². The Balaban J connectivity index is 1.48. The van der Waals surface area contributed by atoms with Crippen LogP contribution in [0.2, 0.25) is 0 Å². The van der Waals surface area contributed by atoms with Crippen molar-refractivity contribution in [2.45, 2.75) is 25.0 Å². The highest BCUT2D eigenvalue weighted by Gasteiger charge is 2.45. The fraction of sp³-hybridized carbons (Fsp3) is 0.208. The van der Waals surface area contributed by atoms with Gasteiger partial charge in [0, 0.05) is 4.47 Å². The first kappa shape index (κ1) is 18.8. The monoisotopic (exact) mass is 435 g/mol. The number of benzene rings is 3. The molecule has 3 aromatic rings. The number of rotatable bonds is 6. The summed E-state index contributed by atoms with van der Waals surface area (Å²) in [6.45, 7) is 0.266. The lowest BCUT2D eigenvalue weighted by molar-refractivity contribution is 0.134. The zero-order valence-corrected chi connectivity index (χ0v) is 17.0. The lowest BCUT2D eigenvalue weighted by Gasteiger charge is -2.21. The second-order valence-electron chi connectivity index (χ2n) is 7.12. The molecule has 142 valence electrons.